The number of halogens is 3. The molecule has 5 aromatic carbocycles. The highest BCUT2D eigenvalue weighted by Gasteiger charge is 2.43. The number of hydrogen-bond donors (Lipinski definition) is 4. The van der Waals surface area contributed by atoms with Crippen LogP contribution < -0.4 is 30.7 Å². The maximum Gasteiger partial charge on any atom is 0.319 e. The molecule has 7 heterocycles. The van der Waals surface area contributed by atoms with Gasteiger partial charge >= 0.3 is 6.01 Å². The van der Waals surface area contributed by atoms with E-state index in [9.17, 15) is 24.3 Å². The molecular formula is C61H60ClF2N11O6S. The van der Waals surface area contributed by atoms with Crippen LogP contribution in [0.2, 0.25) is 5.02 Å². The van der Waals surface area contributed by atoms with Crippen molar-refractivity contribution in [3.8, 4) is 51.3 Å². The summed E-state index contributed by atoms with van der Waals surface area (Å²) in [5.41, 5.74) is 11.7. The number of amides is 2. The van der Waals surface area contributed by atoms with Crippen molar-refractivity contribution in [1.82, 2.24) is 40.5 Å². The van der Waals surface area contributed by atoms with E-state index in [2.05, 4.69) is 31.9 Å². The first-order valence-corrected chi connectivity index (χ1v) is 28.9. The number of nitrogens with zero attached hydrogens (tertiary/aromatic N) is 8. The molecule has 0 aliphatic carbocycles. The Hall–Kier alpha value is -7.80. The van der Waals surface area contributed by atoms with Gasteiger partial charge in [0.2, 0.25) is 11.8 Å². The van der Waals surface area contributed by atoms with Gasteiger partial charge in [-0.05, 0) is 66.1 Å². The largest absolute Gasteiger partial charge is 0.486 e. The smallest absolute Gasteiger partial charge is 0.319 e. The van der Waals surface area contributed by atoms with Crippen LogP contribution in [-0.2, 0) is 20.9 Å². The molecule has 21 heteroatoms. The van der Waals surface area contributed by atoms with Crippen LogP contribution in [0.15, 0.2) is 97.2 Å². The van der Waals surface area contributed by atoms with E-state index in [0.717, 1.165) is 35.3 Å². The number of likely N-dealkylation sites (tertiary alicyclic amines) is 1. The molecule has 2 amide bonds. The fourth-order valence-electron chi connectivity index (χ4n) is 12.0. The molecule has 12 rings (SSSR count). The van der Waals surface area contributed by atoms with Crippen molar-refractivity contribution in [3.05, 3.63) is 131 Å². The Morgan fingerprint density at radius 1 is 0.939 bits per heavy atom. The number of carbonyl (C=O) groups excluding carboxylic acids is 2. The number of thiophene rings is 1. The van der Waals surface area contributed by atoms with Crippen molar-refractivity contribution in [1.29, 1.82) is 5.26 Å². The molecule has 17 nitrogen and oxygen atoms in total. The van der Waals surface area contributed by atoms with Crippen molar-refractivity contribution < 1.29 is 37.7 Å². The lowest BCUT2D eigenvalue weighted by molar-refractivity contribution is -0.142. The Morgan fingerprint density at radius 3 is 2.39 bits per heavy atom. The molecular weight excluding hydrogens is 1090 g/mol. The van der Waals surface area contributed by atoms with Crippen LogP contribution in [0.25, 0.3) is 54.5 Å². The number of nitrogens with two attached hydrogens (primary N) is 1. The fraction of sp³-hybridized carbons (Fsp3) is 0.361. The number of nitrogens with one attached hydrogen (secondary N) is 2. The van der Waals surface area contributed by atoms with Crippen molar-refractivity contribution >= 4 is 66.6 Å². The molecule has 0 spiro atoms. The summed E-state index contributed by atoms with van der Waals surface area (Å²) < 4.78 is 51.0. The first-order chi connectivity index (χ1) is 39.7. The summed E-state index contributed by atoms with van der Waals surface area (Å²) in [7, 11) is 0. The predicted octanol–water partition coefficient (Wildman–Crippen LogP) is 9.94. The van der Waals surface area contributed by atoms with E-state index in [1.54, 1.807) is 42.6 Å². The van der Waals surface area contributed by atoms with Crippen molar-refractivity contribution in [2.45, 2.75) is 102 Å². The number of carbonyl (C=O) groups is 2. The summed E-state index contributed by atoms with van der Waals surface area (Å²) in [6.45, 7) is 8.12. The SMILES string of the molecule is CC(C)[C@@H](C(=O)N1C[C@H](O)C[C@H]1C(=O)N[C@@H](C)c1ccc(-c2ccccc2F)cc1)n1cc(-c2ccc(COc3c(-c4ccc(F)c5sc(N)c(C#N)c45)c(Cl)cc4c(N5CC6CCC(C5)N6)nc(OC5CCOCC5)nc34)cc2)nn1. The second-order valence-corrected chi connectivity index (χ2v) is 23.5. The zero-order chi connectivity index (χ0) is 56.9. The van der Waals surface area contributed by atoms with Gasteiger partial charge in [0, 0.05) is 78.4 Å². The number of aliphatic hydroxyl groups is 1. The molecule has 0 radical (unpaired) electrons. The van der Waals surface area contributed by atoms with Gasteiger partial charge in [0.05, 0.1) is 46.8 Å². The average molecular weight is 1150 g/mol. The van der Waals surface area contributed by atoms with E-state index >= 15 is 4.39 Å². The number of benzene rings is 5. The number of aromatic nitrogens is 5. The zero-order valence-electron chi connectivity index (χ0n) is 45.3. The van der Waals surface area contributed by atoms with Gasteiger partial charge in [-0.2, -0.15) is 15.2 Å². The van der Waals surface area contributed by atoms with E-state index in [1.807, 2.05) is 63.2 Å². The molecule has 0 saturated carbocycles. The number of hydrogen-bond acceptors (Lipinski definition) is 15. The number of rotatable bonds is 15. The Labute approximate surface area is 480 Å². The number of β-amino-alcohol motifs (C(OH)–C–C–N with tert-alkyl or cyclic N) is 1. The molecule has 2 bridgehead atoms. The van der Waals surface area contributed by atoms with Crippen molar-refractivity contribution in [3.63, 3.8) is 0 Å². The number of piperazine rings is 1. The van der Waals surface area contributed by atoms with Crippen molar-refractivity contribution in [2.24, 2.45) is 5.92 Å². The monoisotopic (exact) mass is 1150 g/mol. The number of fused-ring (bicyclic) bond motifs is 4. The minimum Gasteiger partial charge on any atom is -0.486 e. The van der Waals surface area contributed by atoms with Crippen LogP contribution in [0, 0.1) is 28.9 Å². The molecule has 2 unspecified atom stereocenters. The Balaban J connectivity index is 0.819. The number of anilines is 2. The van der Waals surface area contributed by atoms with E-state index in [-0.39, 0.29) is 87.4 Å². The van der Waals surface area contributed by atoms with Gasteiger partial charge in [0.25, 0.3) is 0 Å². The van der Waals surface area contributed by atoms with E-state index in [4.69, 9.17) is 41.5 Å². The first-order valence-electron chi connectivity index (χ1n) is 27.7. The topological polar surface area (TPSA) is 219 Å². The van der Waals surface area contributed by atoms with Crippen LogP contribution in [0.5, 0.6) is 11.8 Å². The van der Waals surface area contributed by atoms with Gasteiger partial charge in [-0.3, -0.25) is 9.59 Å². The van der Waals surface area contributed by atoms with Crippen LogP contribution in [0.3, 0.4) is 0 Å². The van der Waals surface area contributed by atoms with E-state index in [1.165, 1.54) is 21.7 Å². The standard InChI is InChI=1S/C61H60ClF2N11O6S/c1-32(2)54(60(78)74-29-40(76)24-50(74)59(77)67-33(3)35-12-14-36(15-13-35)42-6-4-5-7-47(42)63)75-30-49(71-72-75)37-10-8-34(9-11-37)31-80-55-52(43-18-19-48(64)56-51(43)45(26-65)57(66)82-56)46(62)25-44-53(55)69-61(81-41-20-22-79-23-21-41)70-58(44)73-27-38-16-17-39(28-73)68-38/h4-15,18-19,25,30,32-33,38-41,50,54,68,76H,16-17,20-24,27-29,31,66H2,1-3H3,(H,67,77)/t33-,38?,39?,40+,50-,54-/m0/s1. The van der Waals surface area contributed by atoms with E-state index in [0.29, 0.717) is 94.8 Å². The van der Waals surface area contributed by atoms with Crippen LogP contribution in [-0.4, -0.2) is 110 Å². The fourth-order valence-corrected chi connectivity index (χ4v) is 13.2. The Bertz CT molecular complexity index is 3760. The summed E-state index contributed by atoms with van der Waals surface area (Å²) in [6, 6.07) is 26.8. The molecule has 6 atom stereocenters. The average Bonchev–Trinajstić information content (AvgIpc) is 4.18. The lowest BCUT2D eigenvalue weighted by atomic mass is 9.96. The molecule has 8 aromatic rings. The summed E-state index contributed by atoms with van der Waals surface area (Å²) in [4.78, 5) is 42.4. The third-order valence-electron chi connectivity index (χ3n) is 16.1. The lowest BCUT2D eigenvalue weighted by Gasteiger charge is -2.34. The minimum absolute atomic E-state index is 0.0187. The highest BCUT2D eigenvalue weighted by atomic mass is 35.5. The van der Waals surface area contributed by atoms with Crippen LogP contribution in [0.1, 0.15) is 81.6 Å². The van der Waals surface area contributed by atoms with Gasteiger partial charge in [0.1, 0.15) is 64.5 Å². The van der Waals surface area contributed by atoms with Gasteiger partial charge in [-0.1, -0.05) is 103 Å². The molecule has 4 saturated heterocycles. The molecule has 5 N–H and O–H groups in total. The summed E-state index contributed by atoms with van der Waals surface area (Å²) in [5.74, 6) is -0.981. The predicted molar refractivity (Wildman–Crippen MR) is 309 cm³/mol. The number of aliphatic hydroxyl groups excluding tert-OH is 1. The number of ether oxygens (including phenoxy) is 3. The van der Waals surface area contributed by atoms with Crippen LogP contribution >= 0.6 is 22.9 Å². The minimum atomic E-state index is -0.937. The second-order valence-electron chi connectivity index (χ2n) is 22.0. The lowest BCUT2D eigenvalue weighted by Crippen LogP contribution is -2.51. The summed E-state index contributed by atoms with van der Waals surface area (Å²) in [5, 5.41) is 38.3. The normalized spacial score (nSPS) is 19.9. The molecule has 422 valence electrons. The third-order valence-corrected chi connectivity index (χ3v) is 17.5. The zero-order valence-corrected chi connectivity index (χ0v) is 46.9. The quantitative estimate of drug-likeness (QED) is 0.0751. The Morgan fingerprint density at radius 2 is 1.67 bits per heavy atom. The summed E-state index contributed by atoms with van der Waals surface area (Å²) >= 11 is 8.42. The van der Waals surface area contributed by atoms with Gasteiger partial charge in [-0.25, -0.2) is 13.5 Å². The van der Waals surface area contributed by atoms with E-state index < -0.39 is 36.0 Å². The highest BCUT2D eigenvalue weighted by Crippen LogP contribution is 2.50. The van der Waals surface area contributed by atoms with Crippen LogP contribution in [0.4, 0.5) is 19.6 Å². The first kappa shape index (κ1) is 54.8. The highest BCUT2D eigenvalue weighted by molar-refractivity contribution is 7.23. The van der Waals surface area contributed by atoms with Gasteiger partial charge < -0.3 is 45.5 Å². The molecule has 3 aromatic heterocycles. The maximum atomic E-state index is 15.6. The second kappa shape index (κ2) is 22.9. The molecule has 4 aliphatic rings. The molecule has 4 fully saturated rings. The summed E-state index contributed by atoms with van der Waals surface area (Å²) in [6.07, 6.45) is 4.09. The molecule has 4 aliphatic heterocycles. The molecule has 82 heavy (non-hydrogen) atoms. The Kier molecular flexibility index (Phi) is 15.3. The number of nitrogen functional groups attached to an aromatic ring is 1. The third kappa shape index (κ3) is 10.7. The maximum absolute atomic E-state index is 15.6. The van der Waals surface area contributed by atoms with Gasteiger partial charge in [0.15, 0.2) is 5.75 Å². The van der Waals surface area contributed by atoms with Crippen molar-refractivity contribution in [2.75, 3.05) is 43.5 Å². The van der Waals surface area contributed by atoms with Gasteiger partial charge in [-0.15, -0.1) is 16.4 Å². The number of nitriles is 1.